The number of likely N-dealkylation sites (tertiary alicyclic amines) is 3. The molecule has 1 aromatic heterocycles. The van der Waals surface area contributed by atoms with Gasteiger partial charge in [0.2, 0.25) is 0 Å². The highest BCUT2D eigenvalue weighted by Gasteiger charge is 2.38. The Morgan fingerprint density at radius 1 is 0.959 bits per heavy atom. The number of nitrogens with zero attached hydrogens (tertiary/aromatic N) is 4. The van der Waals surface area contributed by atoms with Crippen LogP contribution in [-0.4, -0.2) is 118 Å². The fourth-order valence-electron chi connectivity index (χ4n) is 8.26. The van der Waals surface area contributed by atoms with E-state index in [0.29, 0.717) is 62.7 Å². The number of aryl methyl sites for hydroxylation is 1. The van der Waals surface area contributed by atoms with E-state index in [0.717, 1.165) is 61.0 Å². The van der Waals surface area contributed by atoms with Crippen LogP contribution in [-0.2, 0) is 22.4 Å². The molecule has 4 amide bonds. The molecule has 2 aromatic carbocycles. The first-order chi connectivity index (χ1) is 23.8. The Kier molecular flexibility index (Phi) is 9.64. The number of urea groups is 1. The number of fused-ring (bicyclic) bond motifs is 2. The molecule has 5 heterocycles. The van der Waals surface area contributed by atoms with Crippen LogP contribution in [0.25, 0.3) is 11.1 Å². The summed E-state index contributed by atoms with van der Waals surface area (Å²) in [5, 5.41) is 12.9. The number of aliphatic hydroxyl groups excluding tert-OH is 1. The molecule has 3 fully saturated rings. The summed E-state index contributed by atoms with van der Waals surface area (Å²) in [5.74, 6) is -0.792. The van der Waals surface area contributed by atoms with E-state index in [1.807, 2.05) is 42.2 Å². The summed E-state index contributed by atoms with van der Waals surface area (Å²) in [7, 11) is 0. The lowest BCUT2D eigenvalue weighted by atomic mass is 9.99. The number of H-pyrrole nitrogens is 1. The number of carbonyl (C=O) groups excluding carboxylic acids is 3. The first-order valence-electron chi connectivity index (χ1n) is 17.7. The van der Waals surface area contributed by atoms with Gasteiger partial charge < -0.3 is 34.3 Å². The number of carbonyl (C=O) groups is 3. The number of para-hydroxylation sites is 1. The van der Waals surface area contributed by atoms with Gasteiger partial charge in [0.1, 0.15) is 0 Å². The maximum absolute atomic E-state index is 14.1. The molecule has 0 spiro atoms. The van der Waals surface area contributed by atoms with E-state index in [1.165, 1.54) is 0 Å². The molecule has 4 aliphatic rings. The van der Waals surface area contributed by atoms with Crippen molar-refractivity contribution in [1.29, 1.82) is 0 Å². The molecule has 7 rings (SSSR count). The minimum absolute atomic E-state index is 0.0103. The van der Waals surface area contributed by atoms with Crippen LogP contribution in [0.4, 0.5) is 15.3 Å². The van der Waals surface area contributed by atoms with Crippen molar-refractivity contribution >= 4 is 34.8 Å². The first-order valence-corrected chi connectivity index (χ1v) is 17.7. The van der Waals surface area contributed by atoms with E-state index >= 15 is 0 Å². The molecule has 4 aliphatic heterocycles. The van der Waals surface area contributed by atoms with Crippen LogP contribution in [0, 0.1) is 6.92 Å². The second-order valence-electron chi connectivity index (χ2n) is 13.9. The van der Waals surface area contributed by atoms with Gasteiger partial charge in [0.25, 0.3) is 5.91 Å². The minimum Gasteiger partial charge on any atom is -0.436 e. The van der Waals surface area contributed by atoms with Crippen molar-refractivity contribution in [2.45, 2.75) is 82.5 Å². The summed E-state index contributed by atoms with van der Waals surface area (Å²) in [6.45, 7) is 5.49. The lowest BCUT2D eigenvalue weighted by Gasteiger charge is -2.40. The fourth-order valence-corrected chi connectivity index (χ4v) is 8.26. The third-order valence-electron chi connectivity index (χ3n) is 10.9. The summed E-state index contributed by atoms with van der Waals surface area (Å²) in [4.78, 5) is 63.1. The normalized spacial score (nSPS) is 21.8. The summed E-state index contributed by atoms with van der Waals surface area (Å²) in [6.07, 6.45) is 4.17. The molecular weight excluding hydrogens is 628 g/mol. The second kappa shape index (κ2) is 14.2. The molecule has 0 saturated carbocycles. The zero-order valence-electron chi connectivity index (χ0n) is 28.1. The second-order valence-corrected chi connectivity index (χ2v) is 13.9. The van der Waals surface area contributed by atoms with Gasteiger partial charge in [0, 0.05) is 63.0 Å². The van der Waals surface area contributed by atoms with E-state index in [-0.39, 0.29) is 37.0 Å². The Hall–Kier alpha value is -4.36. The molecule has 0 radical (unpaired) electrons. The monoisotopic (exact) mass is 674 g/mol. The number of amides is 4. The number of oxazole rings is 1. The number of nitrogens with one attached hydrogen (secondary N) is 2. The van der Waals surface area contributed by atoms with Crippen molar-refractivity contribution in [2.75, 3.05) is 51.2 Å². The number of aliphatic hydroxyl groups is 1. The molecule has 0 unspecified atom stereocenters. The number of hydrogen-bond acceptors (Lipinski definition) is 8. The first kappa shape index (κ1) is 33.2. The smallest absolute Gasteiger partial charge is 0.417 e. The van der Waals surface area contributed by atoms with Crippen LogP contribution in [0.2, 0.25) is 0 Å². The van der Waals surface area contributed by atoms with E-state index in [9.17, 15) is 24.3 Å². The number of hydrogen-bond donors (Lipinski definition) is 3. The zero-order chi connectivity index (χ0) is 34.1. The number of aromatic amines is 1. The maximum Gasteiger partial charge on any atom is 0.417 e. The van der Waals surface area contributed by atoms with Crippen LogP contribution in [0.5, 0.6) is 0 Å². The molecule has 0 bridgehead atoms. The van der Waals surface area contributed by atoms with Gasteiger partial charge in [-0.15, -0.1) is 0 Å². The van der Waals surface area contributed by atoms with Crippen molar-refractivity contribution in [3.63, 3.8) is 0 Å². The third kappa shape index (κ3) is 7.04. The van der Waals surface area contributed by atoms with Crippen molar-refractivity contribution < 1.29 is 28.6 Å². The topological polar surface area (TPSA) is 152 Å². The van der Waals surface area contributed by atoms with Gasteiger partial charge >= 0.3 is 17.9 Å². The average molecular weight is 675 g/mol. The van der Waals surface area contributed by atoms with Gasteiger partial charge in [0.05, 0.1) is 12.1 Å². The lowest BCUT2D eigenvalue weighted by molar-refractivity contribution is -0.142. The predicted molar refractivity (Wildman–Crippen MR) is 182 cm³/mol. The highest BCUT2D eigenvalue weighted by Crippen LogP contribution is 2.28. The van der Waals surface area contributed by atoms with Crippen molar-refractivity contribution in [3.05, 3.63) is 63.6 Å². The van der Waals surface area contributed by atoms with Gasteiger partial charge in [-0.1, -0.05) is 24.3 Å². The van der Waals surface area contributed by atoms with E-state index < -0.39 is 18.0 Å². The van der Waals surface area contributed by atoms with E-state index in [4.69, 9.17) is 9.15 Å². The van der Waals surface area contributed by atoms with Gasteiger partial charge in [-0.2, -0.15) is 0 Å². The van der Waals surface area contributed by atoms with Crippen molar-refractivity contribution in [2.24, 2.45) is 0 Å². The number of rotatable bonds is 7. The Balaban J connectivity index is 1.02. The fraction of sp³-hybridized carbons (Fsp3) is 0.556. The quantitative estimate of drug-likeness (QED) is 0.345. The zero-order valence-corrected chi connectivity index (χ0v) is 28.1. The number of piperidine rings is 2. The van der Waals surface area contributed by atoms with Crippen molar-refractivity contribution in [1.82, 2.24) is 24.6 Å². The third-order valence-corrected chi connectivity index (χ3v) is 10.9. The Morgan fingerprint density at radius 2 is 1.69 bits per heavy atom. The summed E-state index contributed by atoms with van der Waals surface area (Å²) in [5.41, 5.74) is 4.47. The Morgan fingerprint density at radius 3 is 2.47 bits per heavy atom. The molecule has 3 saturated heterocycles. The molecular formula is C36H46N6O7. The van der Waals surface area contributed by atoms with Crippen LogP contribution in [0.15, 0.2) is 45.6 Å². The number of ether oxygens (including phenoxy) is 1. The average Bonchev–Trinajstić information content (AvgIpc) is 3.70. The molecule has 13 nitrogen and oxygen atoms in total. The molecule has 3 aromatic rings. The van der Waals surface area contributed by atoms with E-state index in [2.05, 4.69) is 15.2 Å². The number of anilines is 1. The van der Waals surface area contributed by atoms with Gasteiger partial charge in [-0.05, 0) is 87.2 Å². The number of aromatic nitrogens is 1. The molecule has 0 aliphatic carbocycles. The minimum atomic E-state index is -1.06. The van der Waals surface area contributed by atoms with Crippen LogP contribution >= 0.6 is 0 Å². The van der Waals surface area contributed by atoms with Crippen LogP contribution in [0.1, 0.15) is 55.2 Å². The highest BCUT2D eigenvalue weighted by molar-refractivity contribution is 5.91. The van der Waals surface area contributed by atoms with Crippen LogP contribution < -0.4 is 11.1 Å². The maximum atomic E-state index is 14.1. The molecule has 13 heteroatoms. The summed E-state index contributed by atoms with van der Waals surface area (Å²) in [6, 6.07) is 11.8. The molecule has 2 atom stereocenters. The van der Waals surface area contributed by atoms with Gasteiger partial charge in [-0.3, -0.25) is 14.7 Å². The highest BCUT2D eigenvalue weighted by atomic mass is 16.6. The SMILES string of the molecule is Cc1cc(C[C@@H](OC(=O)N2CCC(N3CCc4ccccc4NC3=O)CC2)C(=O)N2CCC(N3CCC[C@@H]3CO)CC2)cc2oc(=O)[nH]c12. The molecule has 3 N–H and O–H groups in total. The summed E-state index contributed by atoms with van der Waals surface area (Å²) >= 11 is 0. The predicted octanol–water partition coefficient (Wildman–Crippen LogP) is 3.48. The number of benzene rings is 2. The largest absolute Gasteiger partial charge is 0.436 e. The van der Waals surface area contributed by atoms with E-state index in [1.54, 1.807) is 15.9 Å². The Labute approximate surface area is 285 Å². The van der Waals surface area contributed by atoms with Crippen LogP contribution in [0.3, 0.4) is 0 Å². The lowest BCUT2D eigenvalue weighted by Crippen LogP contribution is -2.53. The molecule has 262 valence electrons. The standard InChI is InChI=1S/C36H46N6O7/c1-23-19-24(20-30-32(23)38-35(46)48-30)21-31(33(44)39-14-9-26(10-15-39)41-13-4-6-28(41)22-43)49-36(47)40-16-11-27(12-17-40)42-18-8-25-5-2-3-7-29(25)37-34(42)45/h2-3,5,7,19-20,26-28,31,43H,4,6,8-18,21-22H2,1H3,(H,37,45)(H,38,46)/t28-,31-/m1/s1. The Bertz CT molecular complexity index is 1740. The summed E-state index contributed by atoms with van der Waals surface area (Å²) < 4.78 is 11.4. The van der Waals surface area contributed by atoms with Gasteiger partial charge in [-0.25, -0.2) is 14.4 Å². The van der Waals surface area contributed by atoms with Gasteiger partial charge in [0.15, 0.2) is 11.7 Å². The van der Waals surface area contributed by atoms with Crippen molar-refractivity contribution in [3.8, 4) is 0 Å². The molecule has 49 heavy (non-hydrogen) atoms.